The van der Waals surface area contributed by atoms with E-state index in [0.717, 1.165) is 4.57 Å². The standard InChI is InChI=1S/C13H9ClFNO3/c14-9-3-1-4-10(15)8(9)7-16-11(13(18)19)5-2-6-12(16)17/h1-6H,7H2,(H,18,19). The van der Waals surface area contributed by atoms with Gasteiger partial charge in [0.2, 0.25) is 0 Å². The van der Waals surface area contributed by atoms with Crippen molar-refractivity contribution in [1.29, 1.82) is 0 Å². The van der Waals surface area contributed by atoms with Gasteiger partial charge in [0.1, 0.15) is 11.5 Å². The summed E-state index contributed by atoms with van der Waals surface area (Å²) in [6.07, 6.45) is 0. The lowest BCUT2D eigenvalue weighted by Gasteiger charge is -2.11. The van der Waals surface area contributed by atoms with E-state index in [-0.39, 0.29) is 22.8 Å². The van der Waals surface area contributed by atoms with Crippen molar-refractivity contribution in [2.24, 2.45) is 0 Å². The Hall–Kier alpha value is -2.14. The van der Waals surface area contributed by atoms with Crippen LogP contribution in [0, 0.1) is 5.82 Å². The second kappa shape index (κ2) is 5.24. The normalized spacial score (nSPS) is 10.4. The number of aromatic nitrogens is 1. The molecule has 0 amide bonds. The molecule has 0 aliphatic carbocycles. The van der Waals surface area contributed by atoms with Crippen LogP contribution >= 0.6 is 11.6 Å². The SMILES string of the molecule is O=C(O)c1cccc(=O)n1Cc1c(F)cccc1Cl. The molecule has 1 N–H and O–H groups in total. The monoisotopic (exact) mass is 281 g/mol. The topological polar surface area (TPSA) is 59.3 Å². The van der Waals surface area contributed by atoms with Crippen LogP contribution in [0.5, 0.6) is 0 Å². The van der Waals surface area contributed by atoms with E-state index in [0.29, 0.717) is 0 Å². The van der Waals surface area contributed by atoms with Crippen LogP contribution in [0.1, 0.15) is 16.1 Å². The Kier molecular flexibility index (Phi) is 3.66. The lowest BCUT2D eigenvalue weighted by Crippen LogP contribution is -2.26. The van der Waals surface area contributed by atoms with Crippen LogP contribution in [0.25, 0.3) is 0 Å². The van der Waals surface area contributed by atoms with Gasteiger partial charge in [-0.1, -0.05) is 23.7 Å². The van der Waals surface area contributed by atoms with Crippen LogP contribution in [0.2, 0.25) is 5.02 Å². The Labute approximate surface area is 112 Å². The molecule has 1 aromatic heterocycles. The maximum atomic E-state index is 13.7. The largest absolute Gasteiger partial charge is 0.477 e. The van der Waals surface area contributed by atoms with Gasteiger partial charge in [-0.05, 0) is 18.2 Å². The molecule has 0 fully saturated rings. The van der Waals surface area contributed by atoms with Crippen LogP contribution < -0.4 is 5.56 Å². The number of carbonyl (C=O) groups is 1. The molecule has 0 radical (unpaired) electrons. The fourth-order valence-corrected chi connectivity index (χ4v) is 1.93. The molecule has 19 heavy (non-hydrogen) atoms. The first kappa shape index (κ1) is 13.3. The minimum Gasteiger partial charge on any atom is -0.477 e. The van der Waals surface area contributed by atoms with E-state index in [9.17, 15) is 14.0 Å². The van der Waals surface area contributed by atoms with Gasteiger partial charge in [0.05, 0.1) is 6.54 Å². The first-order valence-electron chi connectivity index (χ1n) is 5.36. The fourth-order valence-electron chi connectivity index (χ4n) is 1.71. The summed E-state index contributed by atoms with van der Waals surface area (Å²) >= 11 is 5.86. The molecule has 2 rings (SSSR count). The number of nitrogens with zero attached hydrogens (tertiary/aromatic N) is 1. The van der Waals surface area contributed by atoms with E-state index < -0.39 is 17.3 Å². The quantitative estimate of drug-likeness (QED) is 0.940. The molecule has 4 nitrogen and oxygen atoms in total. The minimum absolute atomic E-state index is 0.0833. The number of pyridine rings is 1. The first-order chi connectivity index (χ1) is 9.00. The zero-order valence-electron chi connectivity index (χ0n) is 9.64. The van der Waals surface area contributed by atoms with E-state index in [1.807, 2.05) is 0 Å². The maximum absolute atomic E-state index is 13.7. The Bertz CT molecular complexity index is 676. The third-order valence-corrected chi connectivity index (χ3v) is 3.00. The van der Waals surface area contributed by atoms with E-state index in [4.69, 9.17) is 16.7 Å². The number of carboxylic acid groups (broad SMARTS) is 1. The summed E-state index contributed by atoms with van der Waals surface area (Å²) in [5.41, 5.74) is -0.661. The number of halogens is 2. The summed E-state index contributed by atoms with van der Waals surface area (Å²) in [4.78, 5) is 22.8. The van der Waals surface area contributed by atoms with Crippen molar-refractivity contribution < 1.29 is 14.3 Å². The Morgan fingerprint density at radius 2 is 1.95 bits per heavy atom. The molecule has 0 aliphatic heterocycles. The molecule has 0 aliphatic rings. The highest BCUT2D eigenvalue weighted by molar-refractivity contribution is 6.31. The number of hydrogen-bond donors (Lipinski definition) is 1. The van der Waals surface area contributed by atoms with Crippen molar-refractivity contribution >= 4 is 17.6 Å². The van der Waals surface area contributed by atoms with Crippen molar-refractivity contribution in [3.05, 3.63) is 68.8 Å². The number of carboxylic acids is 1. The number of hydrogen-bond acceptors (Lipinski definition) is 2. The smallest absolute Gasteiger partial charge is 0.352 e. The minimum atomic E-state index is -1.26. The highest BCUT2D eigenvalue weighted by Gasteiger charge is 2.14. The predicted octanol–water partition coefficient (Wildman–Crippen LogP) is 2.39. The van der Waals surface area contributed by atoms with Gasteiger partial charge >= 0.3 is 5.97 Å². The molecule has 1 aromatic carbocycles. The molecule has 0 atom stereocenters. The Balaban J connectivity index is 2.56. The van der Waals surface area contributed by atoms with Crippen molar-refractivity contribution in [1.82, 2.24) is 4.57 Å². The van der Waals surface area contributed by atoms with Crippen molar-refractivity contribution in [3.8, 4) is 0 Å². The lowest BCUT2D eigenvalue weighted by atomic mass is 10.2. The van der Waals surface area contributed by atoms with Crippen LogP contribution in [-0.2, 0) is 6.54 Å². The molecule has 0 spiro atoms. The fraction of sp³-hybridized carbons (Fsp3) is 0.0769. The number of aromatic carboxylic acids is 1. The lowest BCUT2D eigenvalue weighted by molar-refractivity contribution is 0.0684. The average molecular weight is 282 g/mol. The molecule has 0 bridgehead atoms. The van der Waals surface area contributed by atoms with Crippen LogP contribution in [0.15, 0.2) is 41.2 Å². The molecule has 2 aromatic rings. The molecule has 0 saturated heterocycles. The molecule has 1 heterocycles. The first-order valence-corrected chi connectivity index (χ1v) is 5.74. The summed E-state index contributed by atoms with van der Waals surface area (Å²) in [6, 6.07) is 7.95. The maximum Gasteiger partial charge on any atom is 0.352 e. The average Bonchev–Trinajstić information content (AvgIpc) is 2.35. The van der Waals surface area contributed by atoms with Gasteiger partial charge in [-0.25, -0.2) is 9.18 Å². The highest BCUT2D eigenvalue weighted by Crippen LogP contribution is 2.20. The zero-order chi connectivity index (χ0) is 14.0. The van der Waals surface area contributed by atoms with E-state index in [2.05, 4.69) is 0 Å². The second-order valence-corrected chi connectivity index (χ2v) is 4.25. The van der Waals surface area contributed by atoms with E-state index in [1.165, 1.54) is 36.4 Å². The van der Waals surface area contributed by atoms with Crippen LogP contribution in [0.4, 0.5) is 4.39 Å². The zero-order valence-corrected chi connectivity index (χ0v) is 10.4. The van der Waals surface area contributed by atoms with Gasteiger partial charge in [-0.15, -0.1) is 0 Å². The van der Waals surface area contributed by atoms with Gasteiger partial charge in [0.15, 0.2) is 0 Å². The molecule has 98 valence electrons. The molecule has 0 unspecified atom stereocenters. The van der Waals surface area contributed by atoms with Gasteiger partial charge < -0.3 is 5.11 Å². The molecule has 0 saturated carbocycles. The van der Waals surface area contributed by atoms with Crippen molar-refractivity contribution in [2.75, 3.05) is 0 Å². The highest BCUT2D eigenvalue weighted by atomic mass is 35.5. The summed E-state index contributed by atoms with van der Waals surface area (Å²) in [6.45, 7) is -0.229. The van der Waals surface area contributed by atoms with Gasteiger partial charge in [0, 0.05) is 16.7 Å². The van der Waals surface area contributed by atoms with Gasteiger partial charge in [-0.2, -0.15) is 0 Å². The van der Waals surface area contributed by atoms with Crippen molar-refractivity contribution in [2.45, 2.75) is 6.54 Å². The molecule has 6 heteroatoms. The van der Waals surface area contributed by atoms with Crippen LogP contribution in [-0.4, -0.2) is 15.6 Å². The third-order valence-electron chi connectivity index (χ3n) is 2.65. The Morgan fingerprint density at radius 1 is 1.26 bits per heavy atom. The Morgan fingerprint density at radius 3 is 2.58 bits per heavy atom. The van der Waals surface area contributed by atoms with E-state index in [1.54, 1.807) is 0 Å². The summed E-state index contributed by atoms with van der Waals surface area (Å²) in [5, 5.41) is 9.17. The van der Waals surface area contributed by atoms with E-state index >= 15 is 0 Å². The number of rotatable bonds is 3. The second-order valence-electron chi connectivity index (χ2n) is 3.84. The molecular formula is C13H9ClFNO3. The van der Waals surface area contributed by atoms with Gasteiger partial charge in [-0.3, -0.25) is 9.36 Å². The summed E-state index contributed by atoms with van der Waals surface area (Å²) < 4.78 is 14.6. The van der Waals surface area contributed by atoms with Crippen LogP contribution in [0.3, 0.4) is 0 Å². The van der Waals surface area contributed by atoms with Crippen molar-refractivity contribution in [3.63, 3.8) is 0 Å². The summed E-state index contributed by atoms with van der Waals surface area (Å²) in [7, 11) is 0. The third kappa shape index (κ3) is 2.66. The number of benzene rings is 1. The predicted molar refractivity (Wildman–Crippen MR) is 68.2 cm³/mol. The molecular weight excluding hydrogens is 273 g/mol. The summed E-state index contributed by atoms with van der Waals surface area (Å²) in [5.74, 6) is -1.84. The van der Waals surface area contributed by atoms with Gasteiger partial charge in [0.25, 0.3) is 5.56 Å².